The van der Waals surface area contributed by atoms with Gasteiger partial charge in [0.15, 0.2) is 0 Å². The molecule has 0 saturated carbocycles. The molecule has 2 rings (SSSR count). The largest absolute Gasteiger partial charge is 0.499 e. The summed E-state index contributed by atoms with van der Waals surface area (Å²) in [6.07, 6.45) is 0. The highest BCUT2D eigenvalue weighted by molar-refractivity contribution is 5.49. The van der Waals surface area contributed by atoms with Crippen LogP contribution in [-0.4, -0.2) is 20.7 Å². The normalized spacial score (nSPS) is 10.4. The van der Waals surface area contributed by atoms with Crippen molar-refractivity contribution in [3.05, 3.63) is 48.5 Å². The van der Waals surface area contributed by atoms with E-state index in [1.54, 1.807) is 62.8 Å². The van der Waals surface area contributed by atoms with Gasteiger partial charge in [-0.2, -0.15) is 0 Å². The van der Waals surface area contributed by atoms with Crippen LogP contribution in [0.25, 0.3) is 0 Å². The molecular weight excluding hydrogens is 244 g/mol. The molecule has 0 N–H and O–H groups in total. The third-order valence-electron chi connectivity index (χ3n) is 2.44. The van der Waals surface area contributed by atoms with Crippen LogP contribution in [0.4, 0.5) is 0 Å². The molecule has 0 unspecified atom stereocenters. The van der Waals surface area contributed by atoms with Crippen molar-refractivity contribution in [2.45, 2.75) is 0 Å². The van der Waals surface area contributed by atoms with Crippen molar-refractivity contribution < 1.29 is 18.6 Å². The first kappa shape index (κ1) is 13.0. The monoisotopic (exact) mass is 258 g/mol. The minimum Gasteiger partial charge on any atom is -0.497 e. The maximum Gasteiger partial charge on any atom is 0.499 e. The molecule has 0 radical (unpaired) electrons. The Morgan fingerprint density at radius 1 is 0.737 bits per heavy atom. The third kappa shape index (κ3) is 3.74. The highest BCUT2D eigenvalue weighted by Crippen LogP contribution is 2.18. The molecule has 0 bridgehead atoms. The molecule has 4 heteroatoms. The molecule has 0 saturated heterocycles. The minimum absolute atomic E-state index is 0.620. The maximum absolute atomic E-state index is 5.21. The molecule has 0 aliphatic carbocycles. The van der Waals surface area contributed by atoms with Crippen molar-refractivity contribution in [3.8, 4) is 23.0 Å². The van der Waals surface area contributed by atoms with Gasteiger partial charge in [0, 0.05) is 0 Å². The first-order valence-corrected chi connectivity index (χ1v) is 5.68. The lowest BCUT2D eigenvalue weighted by Crippen LogP contribution is -1.91. The Morgan fingerprint density at radius 2 is 1.21 bits per heavy atom. The second-order valence-corrected chi connectivity index (χ2v) is 3.64. The van der Waals surface area contributed by atoms with Gasteiger partial charge in [0.05, 0.1) is 14.2 Å². The summed E-state index contributed by atoms with van der Waals surface area (Å²) in [7, 11) is 3.22. The number of hydrogen-bond donors (Lipinski definition) is 0. The molecule has 2 aromatic carbocycles. The summed E-state index contributed by atoms with van der Waals surface area (Å²) in [5.74, 6) is 2.77. The van der Waals surface area contributed by atoms with Crippen LogP contribution < -0.4 is 14.2 Å². The quantitative estimate of drug-likeness (QED) is 0.611. The van der Waals surface area contributed by atoms with Gasteiger partial charge in [-0.1, -0.05) is 0 Å². The predicted octanol–water partition coefficient (Wildman–Crippen LogP) is 3.10. The highest BCUT2D eigenvalue weighted by atomic mass is 16.6. The fourth-order valence-corrected chi connectivity index (χ4v) is 1.40. The zero-order valence-electron chi connectivity index (χ0n) is 10.8. The van der Waals surface area contributed by atoms with Crippen LogP contribution in [0.2, 0.25) is 0 Å². The molecule has 0 spiro atoms. The molecular formula is C15H14O4. The Kier molecular flexibility index (Phi) is 4.39. The lowest BCUT2D eigenvalue weighted by Gasteiger charge is -2.00. The van der Waals surface area contributed by atoms with E-state index in [9.17, 15) is 0 Å². The Balaban J connectivity index is 1.94. The van der Waals surface area contributed by atoms with Crippen molar-refractivity contribution >= 4 is 6.47 Å². The zero-order valence-corrected chi connectivity index (χ0v) is 10.8. The van der Waals surface area contributed by atoms with Crippen molar-refractivity contribution in [2.75, 3.05) is 14.2 Å². The van der Waals surface area contributed by atoms with Crippen LogP contribution in [0.1, 0.15) is 0 Å². The number of methoxy groups -OCH3 is 2. The van der Waals surface area contributed by atoms with Crippen molar-refractivity contribution in [1.82, 2.24) is 0 Å². The Labute approximate surface area is 111 Å². The van der Waals surface area contributed by atoms with E-state index in [4.69, 9.17) is 18.6 Å². The molecule has 2 aromatic rings. The maximum atomic E-state index is 5.21. The van der Waals surface area contributed by atoms with Gasteiger partial charge in [-0.3, -0.25) is 0 Å². The minimum atomic E-state index is 0.620. The topological polar surface area (TPSA) is 39.0 Å². The van der Waals surface area contributed by atoms with E-state index < -0.39 is 0 Å². The molecule has 0 atom stereocenters. The van der Waals surface area contributed by atoms with E-state index >= 15 is 0 Å². The van der Waals surface area contributed by atoms with E-state index in [1.807, 2.05) is 0 Å². The van der Waals surface area contributed by atoms with E-state index in [0.29, 0.717) is 11.5 Å². The molecule has 0 fully saturated rings. The van der Waals surface area contributed by atoms with Crippen molar-refractivity contribution in [1.29, 1.82) is 0 Å². The summed E-state index contributed by atoms with van der Waals surface area (Å²) in [4.78, 5) is 0. The molecule has 0 aliphatic heterocycles. The summed E-state index contributed by atoms with van der Waals surface area (Å²) >= 11 is 0. The number of rotatable bonds is 5. The van der Waals surface area contributed by atoms with Crippen LogP contribution in [0.5, 0.6) is 23.0 Å². The molecule has 0 heterocycles. The number of carbonyl (C=O) groups excluding carboxylic acids is 1. The summed E-state index contributed by atoms with van der Waals surface area (Å²) in [5.41, 5.74) is 0. The Morgan fingerprint density at radius 3 is 1.74 bits per heavy atom. The molecule has 0 aliphatic rings. The van der Waals surface area contributed by atoms with Gasteiger partial charge in [-0.05, 0) is 48.5 Å². The van der Waals surface area contributed by atoms with Gasteiger partial charge in [0.2, 0.25) is 0 Å². The van der Waals surface area contributed by atoms with Crippen LogP contribution in [-0.2, 0) is 4.42 Å². The van der Waals surface area contributed by atoms with Gasteiger partial charge in [-0.25, -0.2) is 0 Å². The first-order valence-electron chi connectivity index (χ1n) is 5.68. The fraction of sp³-hybridized carbons (Fsp3) is 0.133. The average molecular weight is 258 g/mol. The standard InChI is InChI=1S/C15H14O4/c1-16-12-3-7-14(8-4-12)18-11-19-15-9-5-13(17-2)6-10-15/h3-10H,1-2H3. The van der Waals surface area contributed by atoms with E-state index in [-0.39, 0.29) is 0 Å². The second-order valence-electron chi connectivity index (χ2n) is 3.64. The van der Waals surface area contributed by atoms with Gasteiger partial charge < -0.3 is 18.6 Å². The van der Waals surface area contributed by atoms with Gasteiger partial charge >= 0.3 is 6.47 Å². The smallest absolute Gasteiger partial charge is 0.497 e. The van der Waals surface area contributed by atoms with Gasteiger partial charge in [0.1, 0.15) is 23.0 Å². The molecule has 4 nitrogen and oxygen atoms in total. The summed E-state index contributed by atoms with van der Waals surface area (Å²) < 4.78 is 20.5. The van der Waals surface area contributed by atoms with Crippen LogP contribution in [0, 0.1) is 0 Å². The van der Waals surface area contributed by atoms with Crippen molar-refractivity contribution in [3.63, 3.8) is 0 Å². The molecule has 0 amide bonds. The molecule has 98 valence electrons. The first-order chi connectivity index (χ1) is 9.31. The Bertz CT molecular complexity index is 529. The summed E-state index contributed by atoms with van der Waals surface area (Å²) in [6, 6.07) is 14.3. The summed E-state index contributed by atoms with van der Waals surface area (Å²) in [5, 5.41) is 0. The van der Waals surface area contributed by atoms with Gasteiger partial charge in [-0.15, -0.1) is 0 Å². The average Bonchev–Trinajstić information content (AvgIpc) is 2.49. The SMILES string of the molecule is COc1ccc(O[C-]=[O+]c2ccc(OC)cc2)cc1. The zero-order chi connectivity index (χ0) is 13.5. The third-order valence-corrected chi connectivity index (χ3v) is 2.44. The van der Waals surface area contributed by atoms with Crippen LogP contribution in [0.3, 0.4) is 0 Å². The van der Waals surface area contributed by atoms with E-state index in [2.05, 4.69) is 6.47 Å². The lowest BCUT2D eigenvalue weighted by molar-refractivity contribution is 0.218. The second kappa shape index (κ2) is 6.44. The highest BCUT2D eigenvalue weighted by Gasteiger charge is 1.96. The summed E-state index contributed by atoms with van der Waals surface area (Å²) in [6.45, 7) is 2.41. The Hall–Kier alpha value is -2.49. The predicted molar refractivity (Wildman–Crippen MR) is 71.8 cm³/mol. The number of benzene rings is 2. The number of ether oxygens (including phenoxy) is 3. The number of hydrogen-bond acceptors (Lipinski definition) is 3. The van der Waals surface area contributed by atoms with E-state index in [0.717, 1.165) is 11.5 Å². The molecule has 19 heavy (non-hydrogen) atoms. The van der Waals surface area contributed by atoms with Crippen molar-refractivity contribution in [2.24, 2.45) is 0 Å². The molecule has 0 aromatic heterocycles. The lowest BCUT2D eigenvalue weighted by atomic mass is 10.3. The fourth-order valence-electron chi connectivity index (χ4n) is 1.40. The van der Waals surface area contributed by atoms with Crippen LogP contribution in [0.15, 0.2) is 48.5 Å². The van der Waals surface area contributed by atoms with Crippen LogP contribution >= 0.6 is 0 Å². The van der Waals surface area contributed by atoms with E-state index in [1.165, 1.54) is 0 Å². The van der Waals surface area contributed by atoms with Gasteiger partial charge in [0.25, 0.3) is 0 Å².